The van der Waals surface area contributed by atoms with Gasteiger partial charge in [-0.3, -0.25) is 9.59 Å². The van der Waals surface area contributed by atoms with Gasteiger partial charge in [-0.1, -0.05) is 6.07 Å². The van der Waals surface area contributed by atoms with Crippen molar-refractivity contribution in [2.75, 3.05) is 39.9 Å². The summed E-state index contributed by atoms with van der Waals surface area (Å²) in [4.78, 5) is 26.8. The fraction of sp³-hybridized carbons (Fsp3) is 0.538. The van der Waals surface area contributed by atoms with Crippen LogP contribution in [0, 0.1) is 0 Å². The van der Waals surface area contributed by atoms with Crippen LogP contribution in [0.4, 0.5) is 0 Å². The highest BCUT2D eigenvalue weighted by atomic mass is 35.5. The van der Waals surface area contributed by atoms with Gasteiger partial charge in [0.15, 0.2) is 0 Å². The van der Waals surface area contributed by atoms with Crippen molar-refractivity contribution in [1.82, 2.24) is 15.5 Å². The molecule has 1 saturated heterocycles. The van der Waals surface area contributed by atoms with Gasteiger partial charge in [0.05, 0.1) is 13.2 Å². The Morgan fingerprint density at radius 2 is 2.43 bits per heavy atom. The molecular weight excluding hydrogens is 314 g/mol. The van der Waals surface area contributed by atoms with Crippen LogP contribution in [0.5, 0.6) is 0 Å². The minimum atomic E-state index is -0.500. The Morgan fingerprint density at radius 3 is 3.10 bits per heavy atom. The van der Waals surface area contributed by atoms with Crippen molar-refractivity contribution in [2.24, 2.45) is 0 Å². The molecule has 0 saturated carbocycles. The van der Waals surface area contributed by atoms with Crippen molar-refractivity contribution in [1.29, 1.82) is 0 Å². The molecule has 0 bridgehead atoms. The van der Waals surface area contributed by atoms with Gasteiger partial charge in [0, 0.05) is 31.6 Å². The van der Waals surface area contributed by atoms with E-state index in [1.807, 2.05) is 17.5 Å². The number of hydrogen-bond donors (Lipinski definition) is 2. The van der Waals surface area contributed by atoms with Crippen LogP contribution in [0.1, 0.15) is 10.9 Å². The maximum absolute atomic E-state index is 12.3. The first kappa shape index (κ1) is 17.9. The number of nitrogens with one attached hydrogen (secondary N) is 2. The van der Waals surface area contributed by atoms with E-state index in [0.717, 1.165) is 4.88 Å². The molecule has 0 aromatic carbocycles. The summed E-state index contributed by atoms with van der Waals surface area (Å²) >= 11 is 1.49. The summed E-state index contributed by atoms with van der Waals surface area (Å²) in [6.07, 6.45) is 0. The summed E-state index contributed by atoms with van der Waals surface area (Å²) in [6.45, 7) is 2.44. The quantitative estimate of drug-likeness (QED) is 0.740. The van der Waals surface area contributed by atoms with Crippen LogP contribution in [-0.4, -0.2) is 56.6 Å². The van der Waals surface area contributed by atoms with Gasteiger partial charge in [-0.2, -0.15) is 0 Å². The van der Waals surface area contributed by atoms with E-state index in [-0.39, 0.29) is 30.8 Å². The van der Waals surface area contributed by atoms with Crippen molar-refractivity contribution >= 4 is 35.6 Å². The van der Waals surface area contributed by atoms with Crippen LogP contribution in [0.25, 0.3) is 0 Å². The number of rotatable bonds is 6. The van der Waals surface area contributed by atoms with E-state index in [2.05, 4.69) is 10.6 Å². The molecule has 2 N–H and O–H groups in total. The van der Waals surface area contributed by atoms with E-state index in [4.69, 9.17) is 4.74 Å². The summed E-state index contributed by atoms with van der Waals surface area (Å²) in [7, 11) is 1.62. The zero-order valence-corrected chi connectivity index (χ0v) is 13.5. The Labute approximate surface area is 134 Å². The third-order valence-electron chi connectivity index (χ3n) is 3.10. The molecule has 1 aromatic rings. The summed E-state index contributed by atoms with van der Waals surface area (Å²) < 4.78 is 4.92. The molecule has 2 heterocycles. The molecule has 1 fully saturated rings. The maximum atomic E-state index is 12.3. The molecule has 21 heavy (non-hydrogen) atoms. The van der Waals surface area contributed by atoms with E-state index in [1.165, 1.54) is 11.3 Å². The minimum Gasteiger partial charge on any atom is -0.383 e. The number of methoxy groups -OCH3 is 1. The van der Waals surface area contributed by atoms with Gasteiger partial charge in [0.1, 0.15) is 6.04 Å². The Morgan fingerprint density at radius 1 is 1.62 bits per heavy atom. The predicted octanol–water partition coefficient (Wildman–Crippen LogP) is 0.405. The van der Waals surface area contributed by atoms with Crippen molar-refractivity contribution in [3.8, 4) is 0 Å². The van der Waals surface area contributed by atoms with Crippen LogP contribution in [0.2, 0.25) is 0 Å². The average Bonchev–Trinajstić information content (AvgIpc) is 2.97. The number of ether oxygens (including phenoxy) is 1. The van der Waals surface area contributed by atoms with Crippen LogP contribution in [0.15, 0.2) is 17.5 Å². The molecule has 1 unspecified atom stereocenters. The highest BCUT2D eigenvalue weighted by Crippen LogP contribution is 2.26. The molecule has 2 rings (SSSR count). The summed E-state index contributed by atoms with van der Waals surface area (Å²) in [6, 6.07) is 3.28. The fourth-order valence-corrected chi connectivity index (χ4v) is 2.97. The second-order valence-corrected chi connectivity index (χ2v) is 5.44. The molecule has 0 spiro atoms. The average molecular weight is 334 g/mol. The molecule has 0 radical (unpaired) electrons. The molecule has 1 aliphatic rings. The van der Waals surface area contributed by atoms with Crippen LogP contribution in [-0.2, 0) is 14.3 Å². The summed E-state index contributed by atoms with van der Waals surface area (Å²) in [5.74, 6) is -0.168. The van der Waals surface area contributed by atoms with E-state index in [1.54, 1.807) is 12.0 Å². The molecule has 8 heteroatoms. The highest BCUT2D eigenvalue weighted by Gasteiger charge is 2.34. The first-order chi connectivity index (χ1) is 9.74. The number of carbonyl (C=O) groups is 2. The third kappa shape index (κ3) is 4.67. The Balaban J connectivity index is 0.00000220. The monoisotopic (exact) mass is 333 g/mol. The Bertz CT molecular complexity index is 456. The van der Waals surface area contributed by atoms with E-state index < -0.39 is 6.04 Å². The topological polar surface area (TPSA) is 70.7 Å². The molecule has 1 aliphatic heterocycles. The number of carbonyl (C=O) groups excluding carboxylic acids is 2. The van der Waals surface area contributed by atoms with E-state index >= 15 is 0 Å². The molecular formula is C13H20ClN3O3S. The number of piperazine rings is 1. The second-order valence-electron chi connectivity index (χ2n) is 4.47. The molecule has 1 atom stereocenters. The van der Waals surface area contributed by atoms with Crippen LogP contribution < -0.4 is 10.6 Å². The van der Waals surface area contributed by atoms with Gasteiger partial charge in [0.2, 0.25) is 11.8 Å². The number of nitrogens with zero attached hydrogens (tertiary/aromatic N) is 1. The lowest BCUT2D eigenvalue weighted by Crippen LogP contribution is -2.53. The number of thiophene rings is 1. The molecule has 118 valence electrons. The normalized spacial score (nSPS) is 18.0. The second kappa shape index (κ2) is 8.99. The summed E-state index contributed by atoms with van der Waals surface area (Å²) in [5.41, 5.74) is 0. The van der Waals surface area contributed by atoms with Crippen molar-refractivity contribution < 1.29 is 14.3 Å². The Hall–Kier alpha value is -1.15. The van der Waals surface area contributed by atoms with E-state index in [0.29, 0.717) is 26.2 Å². The van der Waals surface area contributed by atoms with Gasteiger partial charge >= 0.3 is 0 Å². The van der Waals surface area contributed by atoms with Gasteiger partial charge in [-0.15, -0.1) is 23.7 Å². The van der Waals surface area contributed by atoms with Gasteiger partial charge in [0.25, 0.3) is 0 Å². The zero-order valence-electron chi connectivity index (χ0n) is 11.8. The number of halogens is 1. The maximum Gasteiger partial charge on any atom is 0.248 e. The standard InChI is InChI=1S/C13H19N3O3S.ClH/c1-19-7-5-14-9-11(17)16-6-4-15-13(18)12(16)10-3-2-8-20-10;/h2-3,8,12,14H,4-7,9H2,1H3,(H,15,18);1H. The number of hydrogen-bond acceptors (Lipinski definition) is 5. The first-order valence-corrected chi connectivity index (χ1v) is 7.42. The lowest BCUT2D eigenvalue weighted by molar-refractivity contribution is -0.142. The molecule has 0 aliphatic carbocycles. The van der Waals surface area contributed by atoms with Crippen molar-refractivity contribution in [3.05, 3.63) is 22.4 Å². The van der Waals surface area contributed by atoms with Crippen LogP contribution >= 0.6 is 23.7 Å². The zero-order chi connectivity index (χ0) is 14.4. The number of amides is 2. The fourth-order valence-electron chi connectivity index (χ4n) is 2.14. The lowest BCUT2D eigenvalue weighted by Gasteiger charge is -2.34. The van der Waals surface area contributed by atoms with Gasteiger partial charge in [-0.05, 0) is 11.4 Å². The molecule has 2 amide bonds. The van der Waals surface area contributed by atoms with Crippen molar-refractivity contribution in [2.45, 2.75) is 6.04 Å². The largest absolute Gasteiger partial charge is 0.383 e. The van der Waals surface area contributed by atoms with E-state index in [9.17, 15) is 9.59 Å². The highest BCUT2D eigenvalue weighted by molar-refractivity contribution is 7.10. The predicted molar refractivity (Wildman–Crippen MR) is 83.8 cm³/mol. The SMILES string of the molecule is COCCNCC(=O)N1CCNC(=O)C1c1cccs1.Cl. The van der Waals surface area contributed by atoms with Gasteiger partial charge in [-0.25, -0.2) is 0 Å². The van der Waals surface area contributed by atoms with Gasteiger partial charge < -0.3 is 20.3 Å². The smallest absolute Gasteiger partial charge is 0.248 e. The molecule has 6 nitrogen and oxygen atoms in total. The lowest BCUT2D eigenvalue weighted by atomic mass is 10.1. The third-order valence-corrected chi connectivity index (χ3v) is 4.03. The summed E-state index contributed by atoms with van der Waals surface area (Å²) in [5, 5.41) is 7.75. The Kier molecular flexibility index (Phi) is 7.66. The first-order valence-electron chi connectivity index (χ1n) is 6.54. The minimum absolute atomic E-state index is 0. The van der Waals surface area contributed by atoms with Crippen LogP contribution in [0.3, 0.4) is 0 Å². The molecule has 1 aromatic heterocycles. The van der Waals surface area contributed by atoms with Crippen molar-refractivity contribution in [3.63, 3.8) is 0 Å².